The van der Waals surface area contributed by atoms with E-state index in [2.05, 4.69) is 10.2 Å². The molecule has 25 heavy (non-hydrogen) atoms. The molecule has 0 spiro atoms. The molecule has 1 aliphatic heterocycles. The smallest absolute Gasteiger partial charge is 0.244 e. The summed E-state index contributed by atoms with van der Waals surface area (Å²) in [5, 5.41) is 2.94. The fourth-order valence-electron chi connectivity index (χ4n) is 2.89. The number of methoxy groups -OCH3 is 1. The largest absolute Gasteiger partial charge is 0.493 e. The number of likely N-dealkylation sites (tertiary alicyclic amines) is 1. The van der Waals surface area contributed by atoms with E-state index >= 15 is 0 Å². The summed E-state index contributed by atoms with van der Waals surface area (Å²) in [6.07, 6.45) is 7.31. The molecule has 1 amide bonds. The summed E-state index contributed by atoms with van der Waals surface area (Å²) in [6, 6.07) is 5.65. The van der Waals surface area contributed by atoms with E-state index in [9.17, 15) is 4.79 Å². The van der Waals surface area contributed by atoms with Crippen molar-refractivity contribution in [3.63, 3.8) is 0 Å². The lowest BCUT2D eigenvalue weighted by atomic mass is 10.1. The van der Waals surface area contributed by atoms with Crippen molar-refractivity contribution in [3.05, 3.63) is 29.8 Å². The van der Waals surface area contributed by atoms with Gasteiger partial charge in [-0.05, 0) is 63.6 Å². The Kier molecular flexibility index (Phi) is 7.79. The molecule has 1 heterocycles. The van der Waals surface area contributed by atoms with Crippen LogP contribution in [-0.4, -0.2) is 50.2 Å². The zero-order valence-electron chi connectivity index (χ0n) is 15.6. The quantitative estimate of drug-likeness (QED) is 0.735. The van der Waals surface area contributed by atoms with Crippen molar-refractivity contribution in [2.45, 2.75) is 39.2 Å². The zero-order chi connectivity index (χ0) is 18.1. The van der Waals surface area contributed by atoms with Gasteiger partial charge >= 0.3 is 0 Å². The molecule has 0 saturated carbocycles. The van der Waals surface area contributed by atoms with Crippen molar-refractivity contribution in [3.8, 4) is 11.5 Å². The Hall–Kier alpha value is -2.01. The van der Waals surface area contributed by atoms with Gasteiger partial charge in [0.25, 0.3) is 0 Å². The van der Waals surface area contributed by atoms with Crippen LogP contribution < -0.4 is 14.8 Å². The topological polar surface area (TPSA) is 50.8 Å². The van der Waals surface area contributed by atoms with Gasteiger partial charge in [0.2, 0.25) is 5.91 Å². The summed E-state index contributed by atoms with van der Waals surface area (Å²) < 4.78 is 11.1. The van der Waals surface area contributed by atoms with Gasteiger partial charge in [-0.15, -0.1) is 0 Å². The molecule has 1 aliphatic rings. The average molecular weight is 346 g/mol. The molecule has 5 nitrogen and oxygen atoms in total. The van der Waals surface area contributed by atoms with Gasteiger partial charge in [-0.3, -0.25) is 4.79 Å². The molecule has 2 rings (SSSR count). The Balaban J connectivity index is 1.82. The van der Waals surface area contributed by atoms with E-state index in [4.69, 9.17) is 9.47 Å². The number of carbonyl (C=O) groups is 1. The first-order valence-electron chi connectivity index (χ1n) is 9.11. The van der Waals surface area contributed by atoms with Crippen molar-refractivity contribution >= 4 is 12.0 Å². The van der Waals surface area contributed by atoms with Crippen LogP contribution in [-0.2, 0) is 4.79 Å². The molecule has 0 aromatic heterocycles. The van der Waals surface area contributed by atoms with Gasteiger partial charge in [-0.2, -0.15) is 0 Å². The molecule has 0 unspecified atom stereocenters. The van der Waals surface area contributed by atoms with E-state index in [1.807, 2.05) is 32.0 Å². The maximum absolute atomic E-state index is 12.0. The number of hydrogen-bond donors (Lipinski definition) is 1. The highest BCUT2D eigenvalue weighted by molar-refractivity contribution is 5.91. The minimum absolute atomic E-state index is 0.0708. The van der Waals surface area contributed by atoms with Gasteiger partial charge in [0, 0.05) is 19.2 Å². The van der Waals surface area contributed by atoms with Crippen LogP contribution in [0.5, 0.6) is 11.5 Å². The molecule has 1 N–H and O–H groups in total. The highest BCUT2D eigenvalue weighted by Crippen LogP contribution is 2.29. The number of benzene rings is 1. The number of ether oxygens (including phenoxy) is 2. The van der Waals surface area contributed by atoms with Crippen LogP contribution >= 0.6 is 0 Å². The van der Waals surface area contributed by atoms with Crippen molar-refractivity contribution in [1.29, 1.82) is 0 Å². The first-order valence-corrected chi connectivity index (χ1v) is 9.11. The molecule has 0 radical (unpaired) electrons. The Morgan fingerprint density at radius 2 is 2.00 bits per heavy atom. The average Bonchev–Trinajstić information content (AvgIpc) is 2.61. The van der Waals surface area contributed by atoms with E-state index in [-0.39, 0.29) is 12.0 Å². The van der Waals surface area contributed by atoms with Crippen LogP contribution in [0, 0.1) is 0 Å². The molecule has 0 atom stereocenters. The molecular weight excluding hydrogens is 316 g/mol. The molecule has 1 aromatic carbocycles. The lowest BCUT2D eigenvalue weighted by Gasteiger charge is -2.26. The molecule has 1 saturated heterocycles. The first kappa shape index (κ1) is 19.3. The van der Waals surface area contributed by atoms with Gasteiger partial charge in [-0.1, -0.05) is 12.5 Å². The van der Waals surface area contributed by atoms with Crippen LogP contribution in [0.15, 0.2) is 24.3 Å². The highest BCUT2D eigenvalue weighted by atomic mass is 16.5. The van der Waals surface area contributed by atoms with Crippen molar-refractivity contribution < 1.29 is 14.3 Å². The predicted molar refractivity (Wildman–Crippen MR) is 101 cm³/mol. The fraction of sp³-hybridized carbons (Fsp3) is 0.550. The van der Waals surface area contributed by atoms with Gasteiger partial charge in [0.15, 0.2) is 11.5 Å². The lowest BCUT2D eigenvalue weighted by Crippen LogP contribution is -2.37. The molecule has 138 valence electrons. The summed E-state index contributed by atoms with van der Waals surface area (Å²) in [5.74, 6) is 1.31. The lowest BCUT2D eigenvalue weighted by molar-refractivity contribution is -0.116. The number of nitrogens with one attached hydrogen (secondary N) is 1. The fourth-order valence-corrected chi connectivity index (χ4v) is 2.89. The predicted octanol–water partition coefficient (Wildman–Crippen LogP) is 3.10. The van der Waals surface area contributed by atoms with Gasteiger partial charge in [-0.25, -0.2) is 0 Å². The van der Waals surface area contributed by atoms with E-state index in [1.165, 1.54) is 19.3 Å². The minimum atomic E-state index is -0.0708. The molecule has 1 aromatic rings. The van der Waals surface area contributed by atoms with Crippen LogP contribution in [0.1, 0.15) is 38.7 Å². The van der Waals surface area contributed by atoms with Crippen LogP contribution in [0.25, 0.3) is 6.08 Å². The summed E-state index contributed by atoms with van der Waals surface area (Å²) in [6.45, 7) is 7.86. The Morgan fingerprint density at radius 3 is 2.68 bits per heavy atom. The normalized spacial score (nSPS) is 15.5. The summed E-state index contributed by atoms with van der Waals surface area (Å²) in [5.41, 5.74) is 0.902. The third-order valence-corrected chi connectivity index (χ3v) is 4.15. The third kappa shape index (κ3) is 6.78. The summed E-state index contributed by atoms with van der Waals surface area (Å²) >= 11 is 0. The number of amides is 1. The van der Waals surface area contributed by atoms with Crippen LogP contribution in [0.3, 0.4) is 0 Å². The molecule has 1 fully saturated rings. The SMILES string of the molecule is COc1cc(/C=C/C(=O)NCCN2CCCCC2)ccc1OC(C)C. The Bertz CT molecular complexity index is 578. The summed E-state index contributed by atoms with van der Waals surface area (Å²) in [4.78, 5) is 14.4. The van der Waals surface area contributed by atoms with Crippen LogP contribution in [0.2, 0.25) is 0 Å². The number of nitrogens with zero attached hydrogens (tertiary/aromatic N) is 1. The number of rotatable bonds is 8. The molecule has 0 bridgehead atoms. The van der Waals surface area contributed by atoms with Gasteiger partial charge < -0.3 is 19.7 Å². The summed E-state index contributed by atoms with van der Waals surface area (Å²) in [7, 11) is 1.61. The minimum Gasteiger partial charge on any atom is -0.493 e. The van der Waals surface area contributed by atoms with E-state index in [0.29, 0.717) is 18.0 Å². The second-order valence-electron chi connectivity index (χ2n) is 6.60. The van der Waals surface area contributed by atoms with Gasteiger partial charge in [0.1, 0.15) is 0 Å². The maximum atomic E-state index is 12.0. The molecule has 0 aliphatic carbocycles. The number of piperidine rings is 1. The second-order valence-corrected chi connectivity index (χ2v) is 6.60. The number of hydrogen-bond acceptors (Lipinski definition) is 4. The van der Waals surface area contributed by atoms with Crippen molar-refractivity contribution in [2.24, 2.45) is 0 Å². The number of carbonyl (C=O) groups excluding carboxylic acids is 1. The Morgan fingerprint density at radius 1 is 1.24 bits per heavy atom. The first-order chi connectivity index (χ1) is 12.1. The van der Waals surface area contributed by atoms with Gasteiger partial charge in [0.05, 0.1) is 13.2 Å². The monoisotopic (exact) mass is 346 g/mol. The van der Waals surface area contributed by atoms with Crippen molar-refractivity contribution in [1.82, 2.24) is 10.2 Å². The standard InChI is InChI=1S/C20H30N2O3/c1-16(2)25-18-9-7-17(15-19(18)24-3)8-10-20(23)21-11-14-22-12-5-4-6-13-22/h7-10,15-16H,4-6,11-14H2,1-3H3,(H,21,23)/b10-8+. The third-order valence-electron chi connectivity index (χ3n) is 4.15. The van der Waals surface area contributed by atoms with E-state index in [0.717, 1.165) is 25.2 Å². The molecule has 5 heteroatoms. The Labute approximate surface area is 151 Å². The highest BCUT2D eigenvalue weighted by Gasteiger charge is 2.09. The van der Waals surface area contributed by atoms with E-state index in [1.54, 1.807) is 19.3 Å². The molecular formula is C20H30N2O3. The zero-order valence-corrected chi connectivity index (χ0v) is 15.6. The van der Waals surface area contributed by atoms with E-state index < -0.39 is 0 Å². The van der Waals surface area contributed by atoms with Crippen LogP contribution in [0.4, 0.5) is 0 Å². The maximum Gasteiger partial charge on any atom is 0.244 e. The second kappa shape index (κ2) is 10.1. The van der Waals surface area contributed by atoms with Crippen molar-refractivity contribution in [2.75, 3.05) is 33.3 Å².